The van der Waals surface area contributed by atoms with Crippen molar-refractivity contribution in [1.82, 2.24) is 20.2 Å². The van der Waals surface area contributed by atoms with E-state index in [2.05, 4.69) is 25.5 Å². The third-order valence-electron chi connectivity index (χ3n) is 4.07. The zero-order chi connectivity index (χ0) is 19.7. The van der Waals surface area contributed by atoms with E-state index in [0.29, 0.717) is 34.0 Å². The molecule has 0 amide bonds. The summed E-state index contributed by atoms with van der Waals surface area (Å²) in [6.45, 7) is 0. The molecule has 2 N–H and O–H groups in total. The van der Waals surface area contributed by atoms with Gasteiger partial charge in [-0.25, -0.2) is 18.7 Å². The van der Waals surface area contributed by atoms with Crippen LogP contribution in [0.2, 0.25) is 0 Å². The van der Waals surface area contributed by atoms with Gasteiger partial charge in [0.2, 0.25) is 0 Å². The van der Waals surface area contributed by atoms with Crippen LogP contribution < -0.4 is 14.8 Å². The molecule has 0 fully saturated rings. The highest BCUT2D eigenvalue weighted by atomic mass is 19.1. The van der Waals surface area contributed by atoms with Gasteiger partial charge in [-0.1, -0.05) is 0 Å². The maximum Gasteiger partial charge on any atom is 0.162 e. The number of anilines is 2. The van der Waals surface area contributed by atoms with E-state index in [1.54, 1.807) is 25.3 Å². The van der Waals surface area contributed by atoms with Gasteiger partial charge in [-0.15, -0.1) is 0 Å². The van der Waals surface area contributed by atoms with E-state index in [4.69, 9.17) is 9.47 Å². The molecule has 2 aromatic heterocycles. The summed E-state index contributed by atoms with van der Waals surface area (Å²) in [7, 11) is 3.09. The molecule has 4 rings (SSSR count). The molecule has 0 aliphatic carbocycles. The number of nitrogens with zero attached hydrogens (tertiary/aromatic N) is 3. The van der Waals surface area contributed by atoms with Gasteiger partial charge in [0.15, 0.2) is 23.1 Å². The van der Waals surface area contributed by atoms with Crippen LogP contribution in [0, 0.1) is 11.6 Å². The molecular formula is C19H15F2N5O2. The Morgan fingerprint density at radius 3 is 2.39 bits per heavy atom. The number of ether oxygens (including phenoxy) is 2. The molecule has 0 saturated carbocycles. The fraction of sp³-hybridized carbons (Fsp3) is 0.105. The Hall–Kier alpha value is -3.75. The topological polar surface area (TPSA) is 85.0 Å². The van der Waals surface area contributed by atoms with E-state index < -0.39 is 11.6 Å². The summed E-state index contributed by atoms with van der Waals surface area (Å²) in [5, 5.41) is 9.95. The van der Waals surface area contributed by atoms with Gasteiger partial charge in [-0.3, -0.25) is 5.10 Å². The van der Waals surface area contributed by atoms with Gasteiger partial charge in [0.05, 0.1) is 20.4 Å². The number of fused-ring (bicyclic) bond motifs is 1. The molecule has 4 aromatic rings. The van der Waals surface area contributed by atoms with Crippen molar-refractivity contribution in [2.24, 2.45) is 0 Å². The zero-order valence-corrected chi connectivity index (χ0v) is 15.0. The van der Waals surface area contributed by atoms with Crippen molar-refractivity contribution in [2.75, 3.05) is 19.5 Å². The Morgan fingerprint density at radius 1 is 0.929 bits per heavy atom. The number of halogens is 2. The van der Waals surface area contributed by atoms with Gasteiger partial charge in [0.1, 0.15) is 22.7 Å². The predicted molar refractivity (Wildman–Crippen MR) is 99.9 cm³/mol. The van der Waals surface area contributed by atoms with Crippen molar-refractivity contribution in [1.29, 1.82) is 0 Å². The lowest BCUT2D eigenvalue weighted by atomic mass is 10.2. The molecule has 0 radical (unpaired) electrons. The van der Waals surface area contributed by atoms with E-state index in [1.165, 1.54) is 25.4 Å². The highest BCUT2D eigenvalue weighted by Crippen LogP contribution is 2.32. The van der Waals surface area contributed by atoms with Gasteiger partial charge in [0.25, 0.3) is 0 Å². The number of hydrogen-bond donors (Lipinski definition) is 2. The number of aromatic nitrogens is 4. The molecule has 0 aliphatic rings. The Morgan fingerprint density at radius 2 is 1.68 bits per heavy atom. The second-order valence-electron chi connectivity index (χ2n) is 5.88. The molecule has 28 heavy (non-hydrogen) atoms. The highest BCUT2D eigenvalue weighted by Gasteiger charge is 2.14. The summed E-state index contributed by atoms with van der Waals surface area (Å²) in [6.07, 6.45) is 1.51. The van der Waals surface area contributed by atoms with Crippen LogP contribution in [-0.2, 0) is 0 Å². The zero-order valence-electron chi connectivity index (χ0n) is 15.0. The third kappa shape index (κ3) is 3.29. The highest BCUT2D eigenvalue weighted by molar-refractivity contribution is 5.88. The molecule has 142 valence electrons. The predicted octanol–water partition coefficient (Wildman–Crippen LogP) is 4.06. The summed E-state index contributed by atoms with van der Waals surface area (Å²) in [6, 6.07) is 8.41. The average molecular weight is 383 g/mol. The molecule has 0 spiro atoms. The Labute approximate surface area is 158 Å². The number of methoxy groups -OCH3 is 2. The number of H-pyrrole nitrogens is 1. The van der Waals surface area contributed by atoms with E-state index in [9.17, 15) is 8.78 Å². The molecule has 0 bridgehead atoms. The van der Waals surface area contributed by atoms with Crippen LogP contribution in [0.4, 0.5) is 20.3 Å². The largest absolute Gasteiger partial charge is 0.493 e. The number of rotatable bonds is 5. The van der Waals surface area contributed by atoms with Crippen molar-refractivity contribution in [2.45, 2.75) is 0 Å². The van der Waals surface area contributed by atoms with E-state index in [-0.39, 0.29) is 11.4 Å². The lowest BCUT2D eigenvalue weighted by Crippen LogP contribution is -2.00. The summed E-state index contributed by atoms with van der Waals surface area (Å²) >= 11 is 0. The normalized spacial score (nSPS) is 10.9. The monoisotopic (exact) mass is 383 g/mol. The second-order valence-corrected chi connectivity index (χ2v) is 5.88. The quantitative estimate of drug-likeness (QED) is 0.541. The van der Waals surface area contributed by atoms with Gasteiger partial charge >= 0.3 is 0 Å². The maximum absolute atomic E-state index is 13.6. The van der Waals surface area contributed by atoms with Crippen LogP contribution in [-0.4, -0.2) is 34.4 Å². The molecule has 2 heterocycles. The molecule has 0 atom stereocenters. The molecule has 7 nitrogen and oxygen atoms in total. The summed E-state index contributed by atoms with van der Waals surface area (Å²) in [5.41, 5.74) is 1.94. The second kappa shape index (κ2) is 7.10. The van der Waals surface area contributed by atoms with Gasteiger partial charge < -0.3 is 14.8 Å². The first-order valence-corrected chi connectivity index (χ1v) is 8.24. The smallest absolute Gasteiger partial charge is 0.162 e. The Bertz CT molecular complexity index is 1140. The number of benzene rings is 2. The number of nitrogens with one attached hydrogen (secondary N) is 2. The lowest BCUT2D eigenvalue weighted by molar-refractivity contribution is 0.355. The Kier molecular flexibility index (Phi) is 4.48. The van der Waals surface area contributed by atoms with Crippen LogP contribution in [0.1, 0.15) is 0 Å². The fourth-order valence-electron chi connectivity index (χ4n) is 2.79. The third-order valence-corrected chi connectivity index (χ3v) is 4.07. The van der Waals surface area contributed by atoms with Crippen LogP contribution >= 0.6 is 0 Å². The minimum atomic E-state index is -0.708. The molecular weight excluding hydrogens is 368 g/mol. The van der Waals surface area contributed by atoms with Gasteiger partial charge in [0, 0.05) is 23.4 Å². The van der Waals surface area contributed by atoms with E-state index >= 15 is 0 Å². The molecule has 9 heteroatoms. The summed E-state index contributed by atoms with van der Waals surface area (Å²) in [5.74, 6) is 0.262. The minimum Gasteiger partial charge on any atom is -0.493 e. The van der Waals surface area contributed by atoms with Crippen molar-refractivity contribution in [3.63, 3.8) is 0 Å². The van der Waals surface area contributed by atoms with Crippen LogP contribution in [0.5, 0.6) is 11.5 Å². The average Bonchev–Trinajstić information content (AvgIpc) is 3.16. The van der Waals surface area contributed by atoms with Crippen molar-refractivity contribution < 1.29 is 18.3 Å². The standard InChI is InChI=1S/C19H15F2N5O2/c1-27-15-4-3-13(8-16(15)28-2)23-19-17-14(9-22-26-17)24-18(25-19)10-5-11(20)7-12(21)6-10/h3-9H,1-2H3,(H,22,26)(H,23,24,25). The first-order chi connectivity index (χ1) is 13.6. The summed E-state index contributed by atoms with van der Waals surface area (Å²) < 4.78 is 37.8. The van der Waals surface area contributed by atoms with Crippen molar-refractivity contribution in [3.05, 3.63) is 54.2 Å². The first-order valence-electron chi connectivity index (χ1n) is 8.24. The molecule has 2 aromatic carbocycles. The lowest BCUT2D eigenvalue weighted by Gasteiger charge is -2.12. The maximum atomic E-state index is 13.6. The van der Waals surface area contributed by atoms with E-state index in [0.717, 1.165) is 6.07 Å². The molecule has 0 aliphatic heterocycles. The fourth-order valence-corrected chi connectivity index (χ4v) is 2.79. The summed E-state index contributed by atoms with van der Waals surface area (Å²) in [4.78, 5) is 8.75. The van der Waals surface area contributed by atoms with Crippen molar-refractivity contribution >= 4 is 22.5 Å². The van der Waals surface area contributed by atoms with Crippen LogP contribution in [0.15, 0.2) is 42.6 Å². The SMILES string of the molecule is COc1ccc(Nc2nc(-c3cc(F)cc(F)c3)nc3cn[nH]c23)cc1OC. The van der Waals surface area contributed by atoms with Crippen molar-refractivity contribution in [3.8, 4) is 22.9 Å². The number of aromatic amines is 1. The van der Waals surface area contributed by atoms with E-state index in [1.807, 2.05) is 0 Å². The first kappa shape index (κ1) is 17.7. The Balaban J connectivity index is 1.79. The minimum absolute atomic E-state index is 0.162. The molecule has 0 unspecified atom stereocenters. The molecule has 0 saturated heterocycles. The number of hydrogen-bond acceptors (Lipinski definition) is 6. The van der Waals surface area contributed by atoms with Gasteiger partial charge in [-0.2, -0.15) is 5.10 Å². The van der Waals surface area contributed by atoms with Crippen LogP contribution in [0.25, 0.3) is 22.4 Å². The van der Waals surface area contributed by atoms with Crippen LogP contribution in [0.3, 0.4) is 0 Å². The van der Waals surface area contributed by atoms with Gasteiger partial charge in [-0.05, 0) is 24.3 Å².